The maximum absolute atomic E-state index is 12.2. The van der Waals surface area contributed by atoms with Gasteiger partial charge in [0.2, 0.25) is 0 Å². The fourth-order valence-corrected chi connectivity index (χ4v) is 2.90. The van der Waals surface area contributed by atoms with Crippen LogP contribution in [0.5, 0.6) is 11.5 Å². The molecule has 7 nitrogen and oxygen atoms in total. The topological polar surface area (TPSA) is 74.3 Å². The van der Waals surface area contributed by atoms with Gasteiger partial charge in [-0.15, -0.1) is 0 Å². The molecule has 32 heavy (non-hydrogen) atoms. The van der Waals surface area contributed by atoms with E-state index in [9.17, 15) is 9.59 Å². The largest absolute Gasteiger partial charge is 0.492 e. The highest BCUT2D eigenvalue weighted by molar-refractivity contribution is 5.75. The molecule has 0 radical (unpaired) electrons. The van der Waals surface area contributed by atoms with Gasteiger partial charge >= 0.3 is 11.9 Å². The van der Waals surface area contributed by atoms with E-state index in [1.54, 1.807) is 0 Å². The van der Waals surface area contributed by atoms with Gasteiger partial charge in [-0.1, -0.05) is 43.7 Å². The molecular formula is C25H33NO6. The lowest BCUT2D eigenvalue weighted by atomic mass is 10.1. The van der Waals surface area contributed by atoms with Gasteiger partial charge in [0.1, 0.15) is 37.9 Å². The van der Waals surface area contributed by atoms with Gasteiger partial charge in [0, 0.05) is 6.54 Å². The second-order valence-corrected chi connectivity index (χ2v) is 7.74. The molecule has 0 bridgehead atoms. The van der Waals surface area contributed by atoms with Crippen LogP contribution in [0.15, 0.2) is 42.5 Å². The number of carbonyl (C=O) groups is 2. The minimum absolute atomic E-state index is 0.163. The second-order valence-electron chi connectivity index (χ2n) is 7.74. The SMILES string of the molecule is CCCc1cc(OC(=O)COCC(=O)OCc2ccccc2)c(C)cc1OCCN(C)C. The molecule has 0 spiro atoms. The van der Waals surface area contributed by atoms with Gasteiger partial charge in [-0.2, -0.15) is 0 Å². The zero-order valence-corrected chi connectivity index (χ0v) is 19.4. The highest BCUT2D eigenvalue weighted by Gasteiger charge is 2.14. The van der Waals surface area contributed by atoms with Gasteiger partial charge < -0.3 is 23.8 Å². The molecule has 0 fully saturated rings. The smallest absolute Gasteiger partial charge is 0.337 e. The van der Waals surface area contributed by atoms with Crippen molar-refractivity contribution in [2.45, 2.75) is 33.3 Å². The minimum Gasteiger partial charge on any atom is -0.492 e. The zero-order valence-electron chi connectivity index (χ0n) is 19.4. The summed E-state index contributed by atoms with van der Waals surface area (Å²) >= 11 is 0. The van der Waals surface area contributed by atoms with Crippen molar-refractivity contribution in [1.29, 1.82) is 0 Å². The molecule has 174 valence electrons. The van der Waals surface area contributed by atoms with E-state index in [1.807, 2.05) is 63.5 Å². The van der Waals surface area contributed by atoms with Crippen molar-refractivity contribution in [3.05, 3.63) is 59.2 Å². The number of hydrogen-bond acceptors (Lipinski definition) is 7. The molecule has 0 unspecified atom stereocenters. The number of aryl methyl sites for hydroxylation is 2. The van der Waals surface area contributed by atoms with Gasteiger partial charge in [-0.25, -0.2) is 9.59 Å². The molecule has 2 aromatic rings. The van der Waals surface area contributed by atoms with Gasteiger partial charge in [0.15, 0.2) is 0 Å². The number of carbonyl (C=O) groups excluding carboxylic acids is 2. The molecule has 7 heteroatoms. The van der Waals surface area contributed by atoms with E-state index in [4.69, 9.17) is 18.9 Å². The molecule has 0 aromatic heterocycles. The molecule has 0 aliphatic heterocycles. The van der Waals surface area contributed by atoms with Gasteiger partial charge in [-0.05, 0) is 56.3 Å². The number of rotatable bonds is 13. The van der Waals surface area contributed by atoms with Crippen LogP contribution in [-0.4, -0.2) is 57.3 Å². The average molecular weight is 444 g/mol. The molecule has 0 saturated heterocycles. The van der Waals surface area contributed by atoms with Gasteiger partial charge in [-0.3, -0.25) is 0 Å². The third-order valence-electron chi connectivity index (χ3n) is 4.58. The normalized spacial score (nSPS) is 10.8. The van der Waals surface area contributed by atoms with Crippen molar-refractivity contribution in [3.63, 3.8) is 0 Å². The monoisotopic (exact) mass is 443 g/mol. The van der Waals surface area contributed by atoms with Crippen molar-refractivity contribution in [1.82, 2.24) is 4.90 Å². The van der Waals surface area contributed by atoms with E-state index in [0.29, 0.717) is 12.4 Å². The van der Waals surface area contributed by atoms with E-state index in [0.717, 1.165) is 41.8 Å². The van der Waals surface area contributed by atoms with Gasteiger partial charge in [0.25, 0.3) is 0 Å². The van der Waals surface area contributed by atoms with Crippen LogP contribution >= 0.6 is 0 Å². The summed E-state index contributed by atoms with van der Waals surface area (Å²) in [7, 11) is 3.99. The summed E-state index contributed by atoms with van der Waals surface area (Å²) in [5, 5.41) is 0. The summed E-state index contributed by atoms with van der Waals surface area (Å²) in [6.07, 6.45) is 1.75. The molecular weight excluding hydrogens is 410 g/mol. The second kappa shape index (κ2) is 13.5. The average Bonchev–Trinajstić information content (AvgIpc) is 2.76. The molecule has 0 saturated carbocycles. The number of ether oxygens (including phenoxy) is 4. The summed E-state index contributed by atoms with van der Waals surface area (Å²) < 4.78 is 21.7. The zero-order chi connectivity index (χ0) is 23.3. The minimum atomic E-state index is -0.576. The Hall–Kier alpha value is -2.90. The first-order chi connectivity index (χ1) is 15.4. The van der Waals surface area contributed by atoms with Crippen LogP contribution in [0.1, 0.15) is 30.0 Å². The Morgan fingerprint density at radius 1 is 0.969 bits per heavy atom. The van der Waals surface area contributed by atoms with E-state index in [-0.39, 0.29) is 19.8 Å². The predicted molar refractivity (Wildman–Crippen MR) is 122 cm³/mol. The summed E-state index contributed by atoms with van der Waals surface area (Å²) in [5.41, 5.74) is 2.66. The third kappa shape index (κ3) is 9.08. The number of esters is 2. The maximum Gasteiger partial charge on any atom is 0.337 e. The van der Waals surface area contributed by atoms with Crippen LogP contribution in [0.25, 0.3) is 0 Å². The van der Waals surface area contributed by atoms with Crippen LogP contribution in [-0.2, 0) is 32.1 Å². The molecule has 0 aliphatic carbocycles. The molecule has 0 atom stereocenters. The van der Waals surface area contributed by atoms with Crippen LogP contribution in [0.3, 0.4) is 0 Å². The lowest BCUT2D eigenvalue weighted by molar-refractivity contribution is -0.153. The van der Waals surface area contributed by atoms with Crippen molar-refractivity contribution in [3.8, 4) is 11.5 Å². The number of nitrogens with zero attached hydrogens (tertiary/aromatic N) is 1. The van der Waals surface area contributed by atoms with E-state index in [2.05, 4.69) is 11.8 Å². The Morgan fingerprint density at radius 3 is 2.38 bits per heavy atom. The quantitative estimate of drug-likeness (QED) is 0.346. The Kier molecular flexibility index (Phi) is 10.7. The number of likely N-dealkylation sites (N-methyl/N-ethyl adjacent to an activating group) is 1. The van der Waals surface area contributed by atoms with Crippen LogP contribution in [0.4, 0.5) is 0 Å². The molecule has 2 aromatic carbocycles. The van der Waals surface area contributed by atoms with Crippen molar-refractivity contribution in [2.75, 3.05) is 40.5 Å². The first-order valence-electron chi connectivity index (χ1n) is 10.8. The predicted octanol–water partition coefficient (Wildman–Crippen LogP) is 3.55. The Morgan fingerprint density at radius 2 is 1.69 bits per heavy atom. The summed E-state index contributed by atoms with van der Waals surface area (Å²) in [4.78, 5) is 26.0. The Labute approximate surface area is 190 Å². The maximum atomic E-state index is 12.2. The lowest BCUT2D eigenvalue weighted by Gasteiger charge is -2.16. The van der Waals surface area contributed by atoms with Gasteiger partial charge in [0.05, 0.1) is 0 Å². The molecule has 0 amide bonds. The molecule has 0 heterocycles. The van der Waals surface area contributed by atoms with Crippen molar-refractivity contribution >= 4 is 11.9 Å². The first kappa shape index (κ1) is 25.4. The van der Waals surface area contributed by atoms with E-state index < -0.39 is 11.9 Å². The Balaban J connectivity index is 1.83. The van der Waals surface area contributed by atoms with Crippen LogP contribution < -0.4 is 9.47 Å². The summed E-state index contributed by atoms with van der Waals surface area (Å²) in [6.45, 7) is 4.84. The number of hydrogen-bond donors (Lipinski definition) is 0. The highest BCUT2D eigenvalue weighted by atomic mass is 16.6. The summed E-state index contributed by atoms with van der Waals surface area (Å²) in [6, 6.07) is 13.1. The van der Waals surface area contributed by atoms with Crippen molar-refractivity contribution in [2.24, 2.45) is 0 Å². The summed E-state index contributed by atoms with van der Waals surface area (Å²) in [5.74, 6) is 0.159. The fourth-order valence-electron chi connectivity index (χ4n) is 2.90. The van der Waals surface area contributed by atoms with Crippen LogP contribution in [0, 0.1) is 6.92 Å². The van der Waals surface area contributed by atoms with Crippen molar-refractivity contribution < 1.29 is 28.5 Å². The lowest BCUT2D eigenvalue weighted by Crippen LogP contribution is -2.21. The molecule has 2 rings (SSSR count). The number of benzene rings is 2. The third-order valence-corrected chi connectivity index (χ3v) is 4.58. The van der Waals surface area contributed by atoms with E-state index >= 15 is 0 Å². The molecule has 0 N–H and O–H groups in total. The first-order valence-corrected chi connectivity index (χ1v) is 10.8. The fraction of sp³-hybridized carbons (Fsp3) is 0.440. The van der Waals surface area contributed by atoms with E-state index in [1.165, 1.54) is 0 Å². The molecule has 0 aliphatic rings. The standard InChI is InChI=1S/C25H33NO6/c1-5-9-21-15-22(19(2)14-23(21)30-13-12-26(3)4)32-25(28)18-29-17-24(27)31-16-20-10-7-6-8-11-20/h6-8,10-11,14-15H,5,9,12-13,16-18H2,1-4H3. The highest BCUT2D eigenvalue weighted by Crippen LogP contribution is 2.30. The Bertz CT molecular complexity index is 866. The van der Waals surface area contributed by atoms with Crippen LogP contribution in [0.2, 0.25) is 0 Å².